The molecule has 0 N–H and O–H groups in total. The number of ether oxygens (including phenoxy) is 1. The molecule has 0 saturated carbocycles. The number of hydrogen-bond donors (Lipinski definition) is 0. The minimum atomic E-state index is 0.238. The molecule has 0 radical (unpaired) electrons. The lowest BCUT2D eigenvalue weighted by Gasteiger charge is -2.30. The summed E-state index contributed by atoms with van der Waals surface area (Å²) >= 11 is 0. The lowest BCUT2D eigenvalue weighted by Crippen LogP contribution is -2.43. The van der Waals surface area contributed by atoms with E-state index < -0.39 is 0 Å². The van der Waals surface area contributed by atoms with Gasteiger partial charge in [-0.3, -0.25) is 9.69 Å². The molecule has 1 aromatic rings. The van der Waals surface area contributed by atoms with E-state index in [1.165, 1.54) is 37.7 Å². The second kappa shape index (κ2) is 18.9. The molecule has 1 fully saturated rings. The van der Waals surface area contributed by atoms with E-state index in [-0.39, 0.29) is 5.91 Å². The van der Waals surface area contributed by atoms with Crippen LogP contribution in [0.3, 0.4) is 0 Å². The number of benzene rings is 1. The van der Waals surface area contributed by atoms with Crippen molar-refractivity contribution in [3.8, 4) is 0 Å². The van der Waals surface area contributed by atoms with Crippen LogP contribution in [0.2, 0.25) is 0 Å². The van der Waals surface area contributed by atoms with Crippen LogP contribution in [-0.2, 0) is 16.0 Å². The first-order valence-corrected chi connectivity index (χ1v) is 16.1. The van der Waals surface area contributed by atoms with Crippen molar-refractivity contribution < 1.29 is 9.53 Å². The van der Waals surface area contributed by atoms with Gasteiger partial charge in [0.15, 0.2) is 0 Å². The van der Waals surface area contributed by atoms with Gasteiger partial charge in [-0.1, -0.05) is 90.2 Å². The van der Waals surface area contributed by atoms with E-state index in [4.69, 9.17) is 4.74 Å². The van der Waals surface area contributed by atoms with Gasteiger partial charge in [-0.05, 0) is 87.1 Å². The van der Waals surface area contributed by atoms with E-state index >= 15 is 0 Å². The van der Waals surface area contributed by atoms with Crippen LogP contribution in [0, 0.1) is 11.8 Å². The van der Waals surface area contributed by atoms with Crippen molar-refractivity contribution in [3.63, 3.8) is 0 Å². The van der Waals surface area contributed by atoms with Crippen LogP contribution in [0.15, 0.2) is 59.9 Å². The molecule has 3 unspecified atom stereocenters. The van der Waals surface area contributed by atoms with Gasteiger partial charge < -0.3 is 9.64 Å². The predicted octanol–water partition coefficient (Wildman–Crippen LogP) is 9.12. The second-order valence-electron chi connectivity index (χ2n) is 11.8. The number of aryl methyl sites for hydroxylation is 1. The van der Waals surface area contributed by atoms with Crippen LogP contribution in [0.1, 0.15) is 105 Å². The first kappa shape index (κ1) is 33.9. The topological polar surface area (TPSA) is 32.8 Å². The zero-order chi connectivity index (χ0) is 29.3. The summed E-state index contributed by atoms with van der Waals surface area (Å²) < 4.78 is 5.56. The van der Waals surface area contributed by atoms with Gasteiger partial charge in [0.05, 0.1) is 13.7 Å². The molecule has 0 spiro atoms. The Balaban J connectivity index is 2.21. The molecule has 1 heterocycles. The van der Waals surface area contributed by atoms with Crippen molar-refractivity contribution in [1.29, 1.82) is 0 Å². The van der Waals surface area contributed by atoms with Gasteiger partial charge in [0.25, 0.3) is 0 Å². The number of hydrogen-bond acceptors (Lipinski definition) is 3. The van der Waals surface area contributed by atoms with Crippen LogP contribution in [0.4, 0.5) is 5.69 Å². The van der Waals surface area contributed by atoms with Gasteiger partial charge in [0.1, 0.15) is 5.76 Å². The fourth-order valence-corrected chi connectivity index (χ4v) is 5.91. The molecule has 1 amide bonds. The number of carbonyl (C=O) groups excluding carboxylic acids is 1. The van der Waals surface area contributed by atoms with Crippen LogP contribution in [0.25, 0.3) is 0 Å². The summed E-state index contributed by atoms with van der Waals surface area (Å²) in [5.41, 5.74) is 3.55. The molecular weight excluding hydrogens is 492 g/mol. The average Bonchev–Trinajstić information content (AvgIpc) is 3.31. The molecule has 1 aliphatic rings. The highest BCUT2D eigenvalue weighted by molar-refractivity contribution is 5.94. The number of amides is 1. The van der Waals surface area contributed by atoms with Gasteiger partial charge in [-0.15, -0.1) is 0 Å². The monoisotopic (exact) mass is 550 g/mol. The molecule has 40 heavy (non-hydrogen) atoms. The van der Waals surface area contributed by atoms with Crippen molar-refractivity contribution in [2.45, 2.75) is 112 Å². The van der Waals surface area contributed by atoms with Crippen LogP contribution in [-0.4, -0.2) is 43.6 Å². The van der Waals surface area contributed by atoms with Crippen molar-refractivity contribution in [2.24, 2.45) is 11.8 Å². The summed E-state index contributed by atoms with van der Waals surface area (Å²) in [4.78, 5) is 18.5. The molecule has 1 saturated heterocycles. The van der Waals surface area contributed by atoms with Crippen molar-refractivity contribution in [2.75, 3.05) is 31.6 Å². The zero-order valence-corrected chi connectivity index (χ0v) is 26.8. The third-order valence-electron chi connectivity index (χ3n) is 8.35. The Morgan fingerprint density at radius 2 is 1.93 bits per heavy atom. The van der Waals surface area contributed by atoms with Crippen molar-refractivity contribution in [3.05, 3.63) is 65.5 Å². The summed E-state index contributed by atoms with van der Waals surface area (Å²) in [5.74, 6) is 2.25. The molecule has 0 aliphatic carbocycles. The number of nitrogens with zero attached hydrogens (tertiary/aromatic N) is 2. The van der Waals surface area contributed by atoms with E-state index in [2.05, 4.69) is 93.0 Å². The lowest BCUT2D eigenvalue weighted by atomic mass is 9.94. The maximum absolute atomic E-state index is 13.9. The Hall–Kier alpha value is -2.33. The SMILES string of the molecule is C\C=C(C)/C(=C\C=C\C1CC(CC(C)CCC)N(CC(=O)N(CCCC)c2cccc(CCCCC)c2)C1)OC. The third-order valence-corrected chi connectivity index (χ3v) is 8.35. The van der Waals surface area contributed by atoms with Crippen LogP contribution >= 0.6 is 0 Å². The van der Waals surface area contributed by atoms with Gasteiger partial charge in [-0.2, -0.15) is 0 Å². The molecular formula is C36H58N2O2. The quantitative estimate of drug-likeness (QED) is 0.104. The minimum absolute atomic E-state index is 0.238. The highest BCUT2D eigenvalue weighted by atomic mass is 16.5. The van der Waals surface area contributed by atoms with Gasteiger partial charge in [0.2, 0.25) is 5.91 Å². The highest BCUT2D eigenvalue weighted by Crippen LogP contribution is 2.31. The molecule has 2 rings (SSSR count). The van der Waals surface area contributed by atoms with E-state index in [0.29, 0.717) is 24.4 Å². The predicted molar refractivity (Wildman–Crippen MR) is 173 cm³/mol. The highest BCUT2D eigenvalue weighted by Gasteiger charge is 2.33. The first-order chi connectivity index (χ1) is 19.4. The normalized spacial score (nSPS) is 19.4. The average molecular weight is 551 g/mol. The standard InChI is InChI=1S/C36H58N2O2/c1-8-12-14-18-31-19-15-21-33(25-31)38(23-13-9-2)36(39)28-37-27-32(26-34(37)24-29(5)17-10-3)20-16-22-35(40-7)30(6)11-4/h11,15-16,19-22,25,29,32,34H,8-10,12-14,17-18,23-24,26-28H2,1-7H3/b20-16+,30-11-,35-22+. The van der Waals surface area contributed by atoms with Gasteiger partial charge in [-0.25, -0.2) is 0 Å². The summed E-state index contributed by atoms with van der Waals surface area (Å²) in [6.07, 6.45) is 20.2. The Morgan fingerprint density at radius 1 is 1.15 bits per heavy atom. The summed E-state index contributed by atoms with van der Waals surface area (Å²) in [6.45, 7) is 15.4. The maximum Gasteiger partial charge on any atom is 0.241 e. The minimum Gasteiger partial charge on any atom is -0.497 e. The summed E-state index contributed by atoms with van der Waals surface area (Å²) in [5, 5.41) is 0. The number of anilines is 1. The van der Waals surface area contributed by atoms with Crippen LogP contribution < -0.4 is 4.90 Å². The van der Waals surface area contributed by atoms with Gasteiger partial charge in [0, 0.05) is 24.8 Å². The smallest absolute Gasteiger partial charge is 0.241 e. The molecule has 4 heteroatoms. The fraction of sp³-hybridized carbons (Fsp3) is 0.639. The Kier molecular flexibility index (Phi) is 16.0. The number of allylic oxidation sites excluding steroid dienone is 4. The first-order valence-electron chi connectivity index (χ1n) is 16.1. The number of likely N-dealkylation sites (tertiary alicyclic amines) is 1. The third kappa shape index (κ3) is 11.3. The van der Waals surface area contributed by atoms with Crippen molar-refractivity contribution in [1.82, 2.24) is 4.90 Å². The van der Waals surface area contributed by atoms with E-state index in [0.717, 1.165) is 62.2 Å². The van der Waals surface area contributed by atoms with E-state index in [1.54, 1.807) is 7.11 Å². The molecule has 3 atom stereocenters. The zero-order valence-electron chi connectivity index (χ0n) is 26.8. The Labute approximate surface area is 246 Å². The van der Waals surface area contributed by atoms with Crippen molar-refractivity contribution >= 4 is 11.6 Å². The molecule has 224 valence electrons. The molecule has 0 aromatic heterocycles. The largest absolute Gasteiger partial charge is 0.497 e. The Bertz CT molecular complexity index is 963. The summed E-state index contributed by atoms with van der Waals surface area (Å²) in [6, 6.07) is 9.17. The molecule has 0 bridgehead atoms. The van der Waals surface area contributed by atoms with Gasteiger partial charge >= 0.3 is 0 Å². The van der Waals surface area contributed by atoms with E-state index in [9.17, 15) is 4.79 Å². The van der Waals surface area contributed by atoms with E-state index in [1.807, 2.05) is 6.92 Å². The molecule has 1 aromatic carbocycles. The Morgan fingerprint density at radius 3 is 2.60 bits per heavy atom. The fourth-order valence-electron chi connectivity index (χ4n) is 5.91. The number of unbranched alkanes of at least 4 members (excludes halogenated alkanes) is 3. The summed E-state index contributed by atoms with van der Waals surface area (Å²) in [7, 11) is 1.73. The molecule has 1 aliphatic heterocycles. The number of rotatable bonds is 18. The second-order valence-corrected chi connectivity index (χ2v) is 11.8. The van der Waals surface area contributed by atoms with Crippen LogP contribution in [0.5, 0.6) is 0 Å². The number of carbonyl (C=O) groups is 1. The number of methoxy groups -OCH3 is 1. The maximum atomic E-state index is 13.9. The molecule has 4 nitrogen and oxygen atoms in total. The lowest BCUT2D eigenvalue weighted by molar-refractivity contribution is -0.120.